The van der Waals surface area contributed by atoms with Crippen molar-refractivity contribution in [1.29, 1.82) is 0 Å². The predicted molar refractivity (Wildman–Crippen MR) is 74.1 cm³/mol. The lowest BCUT2D eigenvalue weighted by molar-refractivity contribution is -0.0175. The van der Waals surface area contributed by atoms with Crippen LogP contribution in [-0.2, 0) is 11.3 Å². The predicted octanol–water partition coefficient (Wildman–Crippen LogP) is 0.151. The molecule has 1 amide bonds. The van der Waals surface area contributed by atoms with E-state index in [1.807, 2.05) is 11.5 Å². The minimum Gasteiger partial charge on any atom is -0.397 e. The molecule has 106 valence electrons. The van der Waals surface area contributed by atoms with Gasteiger partial charge in [0.05, 0.1) is 18.4 Å². The van der Waals surface area contributed by atoms with Gasteiger partial charge in [0.2, 0.25) is 0 Å². The molecule has 0 aliphatic carbocycles. The van der Waals surface area contributed by atoms with Gasteiger partial charge in [-0.1, -0.05) is 0 Å². The van der Waals surface area contributed by atoms with Crippen molar-refractivity contribution in [1.82, 2.24) is 14.8 Å². The summed E-state index contributed by atoms with van der Waals surface area (Å²) in [6, 6.07) is 1.70. The third-order valence-corrected chi connectivity index (χ3v) is 3.32. The van der Waals surface area contributed by atoms with E-state index in [0.29, 0.717) is 17.9 Å². The highest BCUT2D eigenvalue weighted by atomic mass is 16.5. The molecule has 3 N–H and O–H groups in total. The summed E-state index contributed by atoms with van der Waals surface area (Å²) in [6.45, 7) is 5.74. The highest BCUT2D eigenvalue weighted by molar-refractivity contribution is 5.93. The minimum atomic E-state index is -0.102. The smallest absolute Gasteiger partial charge is 0.268 e. The number of aromatic nitrogens is 1. The van der Waals surface area contributed by atoms with E-state index in [-0.39, 0.29) is 12.0 Å². The number of hydrogen-bond donors (Lipinski definition) is 2. The van der Waals surface area contributed by atoms with E-state index in [1.165, 1.54) is 0 Å². The number of likely N-dealkylation sites (N-methyl/N-ethyl adjacent to an activating group) is 1. The summed E-state index contributed by atoms with van der Waals surface area (Å²) in [5.41, 5.74) is 6.93. The SMILES string of the molecule is CCn1cc(N)cc1C(=O)NCC1CN(C)CCO1. The van der Waals surface area contributed by atoms with E-state index >= 15 is 0 Å². The standard InChI is InChI=1S/C13H22N4O2/c1-3-17-8-10(14)6-12(17)13(18)15-7-11-9-16(2)4-5-19-11/h6,8,11H,3-5,7,9,14H2,1-2H3,(H,15,18). The molecule has 19 heavy (non-hydrogen) atoms. The zero-order chi connectivity index (χ0) is 13.8. The number of morpholine rings is 1. The molecule has 1 saturated heterocycles. The maximum atomic E-state index is 12.1. The summed E-state index contributed by atoms with van der Waals surface area (Å²) in [5.74, 6) is -0.102. The van der Waals surface area contributed by atoms with Crippen LogP contribution in [0.5, 0.6) is 0 Å². The fourth-order valence-electron chi connectivity index (χ4n) is 2.27. The van der Waals surface area contributed by atoms with Gasteiger partial charge in [0, 0.05) is 32.4 Å². The number of carbonyl (C=O) groups is 1. The molecule has 0 radical (unpaired) electrons. The van der Waals surface area contributed by atoms with E-state index in [9.17, 15) is 4.79 Å². The van der Waals surface area contributed by atoms with Gasteiger partial charge >= 0.3 is 0 Å². The van der Waals surface area contributed by atoms with Gasteiger partial charge in [-0.3, -0.25) is 4.79 Å². The van der Waals surface area contributed by atoms with E-state index < -0.39 is 0 Å². The Bertz CT molecular complexity index is 444. The number of carbonyl (C=O) groups excluding carboxylic acids is 1. The summed E-state index contributed by atoms with van der Waals surface area (Å²) >= 11 is 0. The number of nitrogens with zero attached hydrogens (tertiary/aromatic N) is 2. The van der Waals surface area contributed by atoms with Crippen molar-refractivity contribution >= 4 is 11.6 Å². The second-order valence-electron chi connectivity index (χ2n) is 4.91. The molecule has 0 aromatic carbocycles. The molecule has 1 aromatic rings. The number of ether oxygens (including phenoxy) is 1. The first-order valence-electron chi connectivity index (χ1n) is 6.64. The molecule has 1 fully saturated rings. The number of amides is 1. The Morgan fingerprint density at radius 3 is 3.11 bits per heavy atom. The first kappa shape index (κ1) is 13.9. The summed E-state index contributed by atoms with van der Waals surface area (Å²) in [5, 5.41) is 2.91. The second-order valence-corrected chi connectivity index (χ2v) is 4.91. The van der Waals surface area contributed by atoms with Crippen LogP contribution < -0.4 is 11.1 Å². The summed E-state index contributed by atoms with van der Waals surface area (Å²) in [6.07, 6.45) is 1.84. The van der Waals surface area contributed by atoms with E-state index in [2.05, 4.69) is 17.3 Å². The maximum absolute atomic E-state index is 12.1. The molecule has 1 aliphatic rings. The largest absolute Gasteiger partial charge is 0.397 e. The highest BCUT2D eigenvalue weighted by Gasteiger charge is 2.19. The molecule has 0 saturated carbocycles. The third-order valence-electron chi connectivity index (χ3n) is 3.32. The lowest BCUT2D eigenvalue weighted by Gasteiger charge is -2.30. The van der Waals surface area contributed by atoms with Crippen molar-refractivity contribution in [3.05, 3.63) is 18.0 Å². The monoisotopic (exact) mass is 266 g/mol. The summed E-state index contributed by atoms with van der Waals surface area (Å²) < 4.78 is 7.45. The van der Waals surface area contributed by atoms with Gasteiger partial charge < -0.3 is 25.3 Å². The molecule has 0 spiro atoms. The molecule has 1 unspecified atom stereocenters. The van der Waals surface area contributed by atoms with Gasteiger partial charge in [-0.2, -0.15) is 0 Å². The number of rotatable bonds is 4. The second kappa shape index (κ2) is 6.08. The topological polar surface area (TPSA) is 72.5 Å². The molecule has 1 aromatic heterocycles. The zero-order valence-electron chi connectivity index (χ0n) is 11.6. The molecule has 6 heteroatoms. The quantitative estimate of drug-likeness (QED) is 0.814. The molecule has 0 bridgehead atoms. The van der Waals surface area contributed by atoms with E-state index in [0.717, 1.165) is 26.2 Å². The van der Waals surface area contributed by atoms with Crippen LogP contribution in [0.4, 0.5) is 5.69 Å². The minimum absolute atomic E-state index is 0.0603. The Morgan fingerprint density at radius 1 is 1.63 bits per heavy atom. The number of hydrogen-bond acceptors (Lipinski definition) is 4. The van der Waals surface area contributed by atoms with Crippen LogP contribution in [0.3, 0.4) is 0 Å². The van der Waals surface area contributed by atoms with Crippen LogP contribution in [0.25, 0.3) is 0 Å². The molecular weight excluding hydrogens is 244 g/mol. The number of nitrogen functional groups attached to an aromatic ring is 1. The van der Waals surface area contributed by atoms with Crippen LogP contribution in [0.2, 0.25) is 0 Å². The number of nitrogens with one attached hydrogen (secondary N) is 1. The number of anilines is 1. The highest BCUT2D eigenvalue weighted by Crippen LogP contribution is 2.10. The zero-order valence-corrected chi connectivity index (χ0v) is 11.6. The molecule has 1 atom stereocenters. The molecule has 1 aliphatic heterocycles. The van der Waals surface area contributed by atoms with Crippen LogP contribution in [0.15, 0.2) is 12.3 Å². The maximum Gasteiger partial charge on any atom is 0.268 e. The molecule has 2 heterocycles. The van der Waals surface area contributed by atoms with Crippen molar-refractivity contribution < 1.29 is 9.53 Å². The molecular formula is C13H22N4O2. The molecule has 2 rings (SSSR count). The van der Waals surface area contributed by atoms with Crippen molar-refractivity contribution in [2.45, 2.75) is 19.6 Å². The lowest BCUT2D eigenvalue weighted by atomic mass is 10.2. The Hall–Kier alpha value is -1.53. The van der Waals surface area contributed by atoms with E-state index in [4.69, 9.17) is 10.5 Å². The lowest BCUT2D eigenvalue weighted by Crippen LogP contribution is -2.46. The van der Waals surface area contributed by atoms with Crippen LogP contribution >= 0.6 is 0 Å². The van der Waals surface area contributed by atoms with Gasteiger partial charge in [0.1, 0.15) is 5.69 Å². The number of nitrogens with two attached hydrogens (primary N) is 1. The van der Waals surface area contributed by atoms with Crippen LogP contribution in [0, 0.1) is 0 Å². The average molecular weight is 266 g/mol. The van der Waals surface area contributed by atoms with Crippen molar-refractivity contribution in [2.75, 3.05) is 39.0 Å². The van der Waals surface area contributed by atoms with Crippen molar-refractivity contribution in [3.8, 4) is 0 Å². The molecule has 6 nitrogen and oxygen atoms in total. The van der Waals surface area contributed by atoms with Crippen molar-refractivity contribution in [2.24, 2.45) is 0 Å². The normalized spacial score (nSPS) is 20.4. The van der Waals surface area contributed by atoms with Gasteiger partial charge in [0.25, 0.3) is 5.91 Å². The Morgan fingerprint density at radius 2 is 2.42 bits per heavy atom. The Kier molecular flexibility index (Phi) is 4.44. The Balaban J connectivity index is 1.90. The van der Waals surface area contributed by atoms with Gasteiger partial charge in [-0.25, -0.2) is 0 Å². The third kappa shape index (κ3) is 3.48. The first-order valence-corrected chi connectivity index (χ1v) is 6.64. The Labute approximate surface area is 113 Å². The van der Waals surface area contributed by atoms with E-state index in [1.54, 1.807) is 12.3 Å². The van der Waals surface area contributed by atoms with Gasteiger partial charge in [-0.15, -0.1) is 0 Å². The van der Waals surface area contributed by atoms with Gasteiger partial charge in [0.15, 0.2) is 0 Å². The number of aryl methyl sites for hydroxylation is 1. The fourth-order valence-corrected chi connectivity index (χ4v) is 2.27. The average Bonchev–Trinajstić information content (AvgIpc) is 2.77. The fraction of sp³-hybridized carbons (Fsp3) is 0.615. The summed E-state index contributed by atoms with van der Waals surface area (Å²) in [4.78, 5) is 14.3. The first-order chi connectivity index (χ1) is 9.10. The van der Waals surface area contributed by atoms with Crippen LogP contribution in [0.1, 0.15) is 17.4 Å². The van der Waals surface area contributed by atoms with Gasteiger partial charge in [-0.05, 0) is 20.0 Å². The van der Waals surface area contributed by atoms with Crippen LogP contribution in [-0.4, -0.2) is 54.8 Å². The van der Waals surface area contributed by atoms with Crippen molar-refractivity contribution in [3.63, 3.8) is 0 Å². The summed E-state index contributed by atoms with van der Waals surface area (Å²) in [7, 11) is 2.06.